The van der Waals surface area contributed by atoms with Gasteiger partial charge in [0.05, 0.1) is 11.1 Å². The van der Waals surface area contributed by atoms with Gasteiger partial charge in [0.1, 0.15) is 29.7 Å². The van der Waals surface area contributed by atoms with Gasteiger partial charge in [-0.2, -0.15) is 5.10 Å². The van der Waals surface area contributed by atoms with Gasteiger partial charge in [0.15, 0.2) is 9.84 Å². The number of aromatic nitrogens is 2. The molecule has 10 heteroatoms. The van der Waals surface area contributed by atoms with Crippen molar-refractivity contribution >= 4 is 15.8 Å². The molecule has 2 N–H and O–H groups in total. The molecule has 0 aliphatic heterocycles. The second-order valence-corrected chi connectivity index (χ2v) is 9.98. The van der Waals surface area contributed by atoms with E-state index in [0.717, 1.165) is 24.1 Å². The maximum absolute atomic E-state index is 13.1. The summed E-state index contributed by atoms with van der Waals surface area (Å²) < 4.78 is 46.2. The zero-order valence-electron chi connectivity index (χ0n) is 18.0. The highest BCUT2D eigenvalue weighted by molar-refractivity contribution is 7.91. The van der Waals surface area contributed by atoms with Crippen LogP contribution in [0.5, 0.6) is 11.5 Å². The van der Waals surface area contributed by atoms with E-state index in [1.54, 1.807) is 25.3 Å². The molecule has 2 aromatic carbocycles. The summed E-state index contributed by atoms with van der Waals surface area (Å²) in [6.45, 7) is 1.53. The van der Waals surface area contributed by atoms with Crippen LogP contribution in [0.2, 0.25) is 0 Å². The Kier molecular flexibility index (Phi) is 6.48. The zero-order chi connectivity index (χ0) is 23.6. The first-order valence-corrected chi connectivity index (χ1v) is 12.1. The molecular formula is C23H24FN3O5S. The Morgan fingerprint density at radius 2 is 2.03 bits per heavy atom. The van der Waals surface area contributed by atoms with Crippen molar-refractivity contribution in [2.45, 2.75) is 43.7 Å². The maximum Gasteiger partial charge on any atom is 0.325 e. The summed E-state index contributed by atoms with van der Waals surface area (Å²) >= 11 is 0. The molecule has 3 aromatic rings. The number of ether oxygens (including phenoxy) is 1. The normalized spacial score (nSPS) is 15.8. The third-order valence-corrected chi connectivity index (χ3v) is 7.13. The first-order valence-electron chi connectivity index (χ1n) is 10.5. The van der Waals surface area contributed by atoms with E-state index in [0.29, 0.717) is 23.5 Å². The number of halogens is 1. The summed E-state index contributed by atoms with van der Waals surface area (Å²) in [4.78, 5) is 11.2. The van der Waals surface area contributed by atoms with Crippen molar-refractivity contribution in [3.8, 4) is 11.5 Å². The van der Waals surface area contributed by atoms with Gasteiger partial charge in [-0.15, -0.1) is 0 Å². The molecule has 8 nitrogen and oxygen atoms in total. The van der Waals surface area contributed by atoms with Crippen LogP contribution in [0.1, 0.15) is 35.7 Å². The Bertz CT molecular complexity index is 1270. The number of aryl methyl sites for hydroxylation is 1. The van der Waals surface area contributed by atoms with Gasteiger partial charge in [-0.1, -0.05) is 0 Å². The van der Waals surface area contributed by atoms with Gasteiger partial charge in [0.2, 0.25) is 0 Å². The van der Waals surface area contributed by atoms with Crippen LogP contribution in [0, 0.1) is 12.7 Å². The lowest BCUT2D eigenvalue weighted by atomic mass is 9.93. The van der Waals surface area contributed by atoms with Crippen LogP contribution in [-0.4, -0.2) is 35.2 Å². The van der Waals surface area contributed by atoms with E-state index in [-0.39, 0.29) is 29.2 Å². The number of aliphatic carboxylic acids is 1. The summed E-state index contributed by atoms with van der Waals surface area (Å²) in [6, 6.07) is 9.98. The minimum absolute atomic E-state index is 0.163. The van der Waals surface area contributed by atoms with Crippen LogP contribution >= 0.6 is 0 Å². The lowest BCUT2D eigenvalue weighted by Gasteiger charge is -2.24. The molecule has 174 valence electrons. The fourth-order valence-corrected chi connectivity index (χ4v) is 5.17. The van der Waals surface area contributed by atoms with E-state index in [4.69, 9.17) is 9.84 Å². The summed E-state index contributed by atoms with van der Waals surface area (Å²) in [5.41, 5.74) is 2.31. The molecule has 1 aromatic heterocycles. The number of nitrogens with zero attached hydrogens (tertiary/aromatic N) is 2. The van der Waals surface area contributed by atoms with Gasteiger partial charge < -0.3 is 9.84 Å². The largest absolute Gasteiger partial charge is 0.480 e. The van der Waals surface area contributed by atoms with Crippen molar-refractivity contribution in [1.29, 1.82) is 0 Å². The highest BCUT2D eigenvalue weighted by Gasteiger charge is 2.26. The number of rotatable bonds is 8. The standard InChI is InChI=1S/C23H24FN3O5S/c1-15-11-18(9-10-22(15)32-17-7-5-16(24)6-8-17)33(30,31)14-25-20-3-2-4-21-19(20)12-26-27(21)13-23(28)29/h5-12,20,25H,2-4,13-14H2,1H3,(H,28,29)/t20-/m1/s1. The molecule has 1 atom stereocenters. The lowest BCUT2D eigenvalue weighted by Crippen LogP contribution is -2.30. The fraction of sp³-hybridized carbons (Fsp3) is 0.304. The first kappa shape index (κ1) is 22.9. The third kappa shape index (κ3) is 5.23. The summed E-state index contributed by atoms with van der Waals surface area (Å²) in [6.07, 6.45) is 3.88. The van der Waals surface area contributed by atoms with Crippen molar-refractivity contribution < 1.29 is 27.4 Å². The van der Waals surface area contributed by atoms with E-state index in [1.807, 2.05) is 0 Å². The molecule has 0 radical (unpaired) electrons. The van der Waals surface area contributed by atoms with Crippen LogP contribution in [0.15, 0.2) is 53.6 Å². The van der Waals surface area contributed by atoms with Crippen LogP contribution in [0.4, 0.5) is 4.39 Å². The zero-order valence-corrected chi connectivity index (χ0v) is 18.8. The molecule has 4 rings (SSSR count). The number of carbonyl (C=O) groups is 1. The van der Waals surface area contributed by atoms with Gasteiger partial charge in [0, 0.05) is 17.3 Å². The Labute approximate surface area is 190 Å². The molecule has 0 saturated carbocycles. The van der Waals surface area contributed by atoms with E-state index in [1.165, 1.54) is 35.0 Å². The van der Waals surface area contributed by atoms with Crippen LogP contribution < -0.4 is 10.1 Å². The molecule has 0 amide bonds. The summed E-state index contributed by atoms with van der Waals surface area (Å²) in [5.74, 6) is -0.670. The Balaban J connectivity index is 1.45. The topological polar surface area (TPSA) is 111 Å². The highest BCUT2D eigenvalue weighted by atomic mass is 32.2. The van der Waals surface area contributed by atoms with Crippen LogP contribution in [0.25, 0.3) is 0 Å². The van der Waals surface area contributed by atoms with E-state index >= 15 is 0 Å². The monoisotopic (exact) mass is 473 g/mol. The Morgan fingerprint density at radius 3 is 2.73 bits per heavy atom. The van der Waals surface area contributed by atoms with Gasteiger partial charge in [-0.25, -0.2) is 12.8 Å². The van der Waals surface area contributed by atoms with Crippen molar-refractivity contribution in [3.05, 3.63) is 71.3 Å². The number of hydrogen-bond donors (Lipinski definition) is 2. The third-order valence-electron chi connectivity index (χ3n) is 5.61. The maximum atomic E-state index is 13.1. The van der Waals surface area contributed by atoms with Gasteiger partial charge in [-0.05, 0) is 74.2 Å². The van der Waals surface area contributed by atoms with Crippen molar-refractivity contribution in [2.75, 3.05) is 5.88 Å². The molecule has 1 aliphatic rings. The molecular weight excluding hydrogens is 449 g/mol. The van der Waals surface area contributed by atoms with Crippen LogP contribution in [0.3, 0.4) is 0 Å². The van der Waals surface area contributed by atoms with Gasteiger partial charge in [0.25, 0.3) is 0 Å². The molecule has 0 bridgehead atoms. The first-order chi connectivity index (χ1) is 15.7. The number of carboxylic acids is 1. The minimum Gasteiger partial charge on any atom is -0.480 e. The van der Waals surface area contributed by atoms with Gasteiger partial charge in [-0.3, -0.25) is 14.8 Å². The Hall–Kier alpha value is -3.24. The molecule has 0 fully saturated rings. The SMILES string of the molecule is Cc1cc(S(=O)(=O)CN[C@@H]2CCCc3c2cnn3CC(=O)O)ccc1Oc1ccc(F)cc1. The van der Waals surface area contributed by atoms with Crippen molar-refractivity contribution in [3.63, 3.8) is 0 Å². The smallest absolute Gasteiger partial charge is 0.325 e. The minimum atomic E-state index is -3.63. The number of benzene rings is 2. The molecule has 0 unspecified atom stereocenters. The molecule has 1 heterocycles. The van der Waals surface area contributed by atoms with Crippen LogP contribution in [-0.2, 0) is 27.6 Å². The number of hydrogen-bond acceptors (Lipinski definition) is 6. The molecule has 33 heavy (non-hydrogen) atoms. The predicted molar refractivity (Wildman–Crippen MR) is 118 cm³/mol. The average Bonchev–Trinajstić information content (AvgIpc) is 3.18. The van der Waals surface area contributed by atoms with Crippen molar-refractivity contribution in [1.82, 2.24) is 15.1 Å². The fourth-order valence-electron chi connectivity index (χ4n) is 3.95. The van der Waals surface area contributed by atoms with E-state index < -0.39 is 15.8 Å². The number of sulfone groups is 1. The van der Waals surface area contributed by atoms with E-state index in [2.05, 4.69) is 10.4 Å². The summed E-state index contributed by atoms with van der Waals surface area (Å²) in [5, 5.41) is 16.3. The second-order valence-electron chi connectivity index (χ2n) is 7.99. The lowest BCUT2D eigenvalue weighted by molar-refractivity contribution is -0.137. The molecule has 0 spiro atoms. The number of carboxylic acid groups (broad SMARTS) is 1. The quantitative estimate of drug-likeness (QED) is 0.514. The average molecular weight is 474 g/mol. The molecule has 1 aliphatic carbocycles. The Morgan fingerprint density at radius 1 is 1.27 bits per heavy atom. The highest BCUT2D eigenvalue weighted by Crippen LogP contribution is 2.31. The molecule has 0 saturated heterocycles. The van der Waals surface area contributed by atoms with Crippen molar-refractivity contribution in [2.24, 2.45) is 0 Å². The number of fused-ring (bicyclic) bond motifs is 1. The second kappa shape index (κ2) is 9.32. The summed E-state index contributed by atoms with van der Waals surface area (Å²) in [7, 11) is -3.63. The predicted octanol–water partition coefficient (Wildman–Crippen LogP) is 3.61. The van der Waals surface area contributed by atoms with Gasteiger partial charge >= 0.3 is 5.97 Å². The number of nitrogens with one attached hydrogen (secondary N) is 1. The van der Waals surface area contributed by atoms with E-state index in [9.17, 15) is 17.6 Å².